The summed E-state index contributed by atoms with van der Waals surface area (Å²) in [4.78, 5) is 21.3. The Morgan fingerprint density at radius 2 is 2.09 bits per heavy atom. The largest absolute Gasteiger partial charge is 0.387 e. The molecule has 0 saturated heterocycles. The normalized spacial score (nSPS) is 11.9. The fraction of sp³-hybridized carbons (Fsp3) is 0.667. The van der Waals surface area contributed by atoms with Gasteiger partial charge in [0.15, 0.2) is 0 Å². The molecular formula is C6H12N2O3. The number of likely N-dealkylation sites (N-methyl/N-ethyl adjacent to an activating group) is 1. The van der Waals surface area contributed by atoms with Gasteiger partial charge in [-0.15, -0.1) is 0 Å². The molecule has 0 aromatic heterocycles. The zero-order valence-electron chi connectivity index (χ0n) is 6.55. The third-order valence-electron chi connectivity index (χ3n) is 1.16. The van der Waals surface area contributed by atoms with Gasteiger partial charge in [0.2, 0.25) is 11.8 Å². The molecule has 0 rings (SSSR count). The number of carbonyl (C=O) groups excluding carboxylic acids is 2. The molecule has 0 bridgehead atoms. The Kier molecular flexibility index (Phi) is 4.21. The molecule has 5 nitrogen and oxygen atoms in total. The molecule has 5 heteroatoms. The number of nitrogens with one attached hydrogen (secondary N) is 2. The molecule has 0 radical (unpaired) electrons. The van der Waals surface area contributed by atoms with E-state index in [0.717, 1.165) is 0 Å². The molecule has 1 unspecified atom stereocenters. The summed E-state index contributed by atoms with van der Waals surface area (Å²) in [5, 5.41) is 12.9. The Bertz CT molecular complexity index is 158. The van der Waals surface area contributed by atoms with Crippen molar-refractivity contribution in [2.75, 3.05) is 13.7 Å². The molecular weight excluding hydrogens is 148 g/mol. The maximum absolute atomic E-state index is 10.8. The van der Waals surface area contributed by atoms with Gasteiger partial charge in [0.25, 0.3) is 0 Å². The zero-order valence-corrected chi connectivity index (χ0v) is 6.55. The smallest absolute Gasteiger partial charge is 0.246 e. The number of carbonyl (C=O) groups is 2. The fourth-order valence-electron chi connectivity index (χ4n) is 0.569. The van der Waals surface area contributed by atoms with E-state index >= 15 is 0 Å². The van der Waals surface area contributed by atoms with E-state index in [4.69, 9.17) is 5.11 Å². The van der Waals surface area contributed by atoms with Crippen LogP contribution in [-0.2, 0) is 9.59 Å². The number of hydrogen-bond acceptors (Lipinski definition) is 3. The van der Waals surface area contributed by atoms with E-state index in [1.54, 1.807) is 0 Å². The lowest BCUT2D eigenvalue weighted by Crippen LogP contribution is -2.44. The minimum absolute atomic E-state index is 0.285. The number of rotatable bonds is 3. The number of amides is 2. The Balaban J connectivity index is 3.77. The summed E-state index contributed by atoms with van der Waals surface area (Å²) in [7, 11) is 1.48. The van der Waals surface area contributed by atoms with E-state index in [9.17, 15) is 9.59 Å². The van der Waals surface area contributed by atoms with Crippen molar-refractivity contribution in [1.82, 2.24) is 10.6 Å². The highest BCUT2D eigenvalue weighted by molar-refractivity contribution is 5.87. The molecule has 64 valence electrons. The maximum atomic E-state index is 10.8. The van der Waals surface area contributed by atoms with Gasteiger partial charge >= 0.3 is 0 Å². The van der Waals surface area contributed by atoms with Crippen LogP contribution in [0.5, 0.6) is 0 Å². The summed E-state index contributed by atoms with van der Waals surface area (Å²) in [6.07, 6.45) is 0. The van der Waals surface area contributed by atoms with Crippen molar-refractivity contribution >= 4 is 11.8 Å². The molecule has 0 spiro atoms. The van der Waals surface area contributed by atoms with Crippen molar-refractivity contribution in [3.63, 3.8) is 0 Å². The quantitative estimate of drug-likeness (QED) is 0.457. The molecule has 0 saturated carbocycles. The summed E-state index contributed by atoms with van der Waals surface area (Å²) >= 11 is 0. The van der Waals surface area contributed by atoms with Gasteiger partial charge in [-0.1, -0.05) is 0 Å². The van der Waals surface area contributed by atoms with Crippen molar-refractivity contribution < 1.29 is 14.7 Å². The maximum Gasteiger partial charge on any atom is 0.246 e. The second-order valence-corrected chi connectivity index (χ2v) is 2.06. The van der Waals surface area contributed by atoms with Crippen molar-refractivity contribution in [3.8, 4) is 0 Å². The van der Waals surface area contributed by atoms with Gasteiger partial charge in [0.1, 0.15) is 12.6 Å². The summed E-state index contributed by atoms with van der Waals surface area (Å²) in [6.45, 7) is 0.938. The summed E-state index contributed by atoms with van der Waals surface area (Å²) < 4.78 is 0. The molecule has 1 atom stereocenters. The lowest BCUT2D eigenvalue weighted by atomic mass is 10.3. The first kappa shape index (κ1) is 9.90. The van der Waals surface area contributed by atoms with Crippen LogP contribution < -0.4 is 10.6 Å². The molecule has 2 amide bonds. The minimum atomic E-state index is -0.598. The van der Waals surface area contributed by atoms with Gasteiger partial charge in [-0.2, -0.15) is 0 Å². The Labute approximate surface area is 64.8 Å². The van der Waals surface area contributed by atoms with E-state index in [1.807, 2.05) is 0 Å². The van der Waals surface area contributed by atoms with Crippen LogP contribution in [0.15, 0.2) is 0 Å². The van der Waals surface area contributed by atoms with Gasteiger partial charge in [-0.3, -0.25) is 9.59 Å². The molecule has 0 heterocycles. The van der Waals surface area contributed by atoms with E-state index in [2.05, 4.69) is 10.6 Å². The van der Waals surface area contributed by atoms with Gasteiger partial charge in [-0.05, 0) is 6.92 Å². The van der Waals surface area contributed by atoms with E-state index in [-0.39, 0.29) is 5.91 Å². The molecule has 0 aliphatic heterocycles. The molecule has 0 aliphatic carbocycles. The Hall–Kier alpha value is -1.10. The van der Waals surface area contributed by atoms with E-state index < -0.39 is 18.6 Å². The van der Waals surface area contributed by atoms with Crippen LogP contribution in [0.4, 0.5) is 0 Å². The SMILES string of the molecule is CNC(=O)C(C)NC(=O)CO. The molecule has 0 fully saturated rings. The van der Waals surface area contributed by atoms with Gasteiger partial charge in [-0.25, -0.2) is 0 Å². The predicted molar refractivity (Wildman–Crippen MR) is 38.8 cm³/mol. The van der Waals surface area contributed by atoms with Crippen molar-refractivity contribution in [3.05, 3.63) is 0 Å². The number of aliphatic hydroxyl groups is 1. The van der Waals surface area contributed by atoms with E-state index in [1.165, 1.54) is 14.0 Å². The molecule has 11 heavy (non-hydrogen) atoms. The Morgan fingerprint density at radius 1 is 1.55 bits per heavy atom. The zero-order chi connectivity index (χ0) is 8.85. The van der Waals surface area contributed by atoms with Crippen LogP contribution in [0.1, 0.15) is 6.92 Å². The van der Waals surface area contributed by atoms with Crippen molar-refractivity contribution in [2.24, 2.45) is 0 Å². The number of hydrogen-bond donors (Lipinski definition) is 3. The molecule has 0 aromatic carbocycles. The molecule has 3 N–H and O–H groups in total. The molecule has 0 aromatic rings. The summed E-state index contributed by atoms with van der Waals surface area (Å²) in [5.74, 6) is -0.840. The monoisotopic (exact) mass is 160 g/mol. The highest BCUT2D eigenvalue weighted by Crippen LogP contribution is 1.79. The van der Waals surface area contributed by atoms with Crippen LogP contribution >= 0.6 is 0 Å². The van der Waals surface area contributed by atoms with Crippen LogP contribution in [-0.4, -0.2) is 36.6 Å². The predicted octanol–water partition coefficient (Wildman–Crippen LogP) is -1.77. The molecule has 0 aliphatic rings. The van der Waals surface area contributed by atoms with Crippen LogP contribution in [0.2, 0.25) is 0 Å². The van der Waals surface area contributed by atoms with Gasteiger partial charge in [0, 0.05) is 7.05 Å². The lowest BCUT2D eigenvalue weighted by Gasteiger charge is -2.10. The average molecular weight is 160 g/mol. The topological polar surface area (TPSA) is 78.4 Å². The lowest BCUT2D eigenvalue weighted by molar-refractivity contribution is -0.129. The highest BCUT2D eigenvalue weighted by Gasteiger charge is 2.12. The van der Waals surface area contributed by atoms with Crippen LogP contribution in [0, 0.1) is 0 Å². The second-order valence-electron chi connectivity index (χ2n) is 2.06. The summed E-state index contributed by atoms with van der Waals surface area (Å²) in [5.41, 5.74) is 0. The highest BCUT2D eigenvalue weighted by atomic mass is 16.3. The first-order chi connectivity index (χ1) is 5.11. The van der Waals surface area contributed by atoms with Crippen LogP contribution in [0.3, 0.4) is 0 Å². The second kappa shape index (κ2) is 4.68. The first-order valence-electron chi connectivity index (χ1n) is 3.23. The first-order valence-corrected chi connectivity index (χ1v) is 3.23. The van der Waals surface area contributed by atoms with Crippen LogP contribution in [0.25, 0.3) is 0 Å². The standard InChI is InChI=1S/C6H12N2O3/c1-4(6(11)7-2)8-5(10)3-9/h4,9H,3H2,1-2H3,(H,7,11)(H,8,10). The number of aliphatic hydroxyl groups excluding tert-OH is 1. The van der Waals surface area contributed by atoms with Crippen molar-refractivity contribution in [2.45, 2.75) is 13.0 Å². The Morgan fingerprint density at radius 3 is 2.45 bits per heavy atom. The van der Waals surface area contributed by atoms with E-state index in [0.29, 0.717) is 0 Å². The van der Waals surface area contributed by atoms with Gasteiger partial charge < -0.3 is 15.7 Å². The van der Waals surface area contributed by atoms with Crippen molar-refractivity contribution in [1.29, 1.82) is 0 Å². The van der Waals surface area contributed by atoms with Gasteiger partial charge in [0.05, 0.1) is 0 Å². The third-order valence-corrected chi connectivity index (χ3v) is 1.16. The third kappa shape index (κ3) is 3.57. The minimum Gasteiger partial charge on any atom is -0.387 e. The average Bonchev–Trinajstić information content (AvgIpc) is 2.02. The summed E-state index contributed by atoms with van der Waals surface area (Å²) in [6, 6.07) is -0.598. The fourth-order valence-corrected chi connectivity index (χ4v) is 0.569.